The summed E-state index contributed by atoms with van der Waals surface area (Å²) >= 11 is 1.79. The quantitative estimate of drug-likeness (QED) is 0.859. The molecule has 0 amide bonds. The Labute approximate surface area is 93.7 Å². The third kappa shape index (κ3) is 2.11. The SMILES string of the molecule is CCn1nccc1-c1csc(CNC)c1. The minimum Gasteiger partial charge on any atom is -0.315 e. The molecule has 0 aliphatic carbocycles. The summed E-state index contributed by atoms with van der Waals surface area (Å²) in [7, 11) is 1.97. The fourth-order valence-corrected chi connectivity index (χ4v) is 2.50. The molecule has 80 valence electrons. The zero-order valence-corrected chi connectivity index (χ0v) is 9.84. The van der Waals surface area contributed by atoms with Gasteiger partial charge in [0.2, 0.25) is 0 Å². The maximum Gasteiger partial charge on any atom is 0.0690 e. The Morgan fingerprint density at radius 3 is 3.13 bits per heavy atom. The smallest absolute Gasteiger partial charge is 0.0690 e. The Balaban J connectivity index is 2.28. The molecule has 2 heterocycles. The predicted octanol–water partition coefficient (Wildman–Crippen LogP) is 2.35. The van der Waals surface area contributed by atoms with Gasteiger partial charge in [-0.05, 0) is 26.1 Å². The van der Waals surface area contributed by atoms with Crippen LogP contribution in [0.4, 0.5) is 0 Å². The zero-order valence-electron chi connectivity index (χ0n) is 9.03. The van der Waals surface area contributed by atoms with Gasteiger partial charge in [0.25, 0.3) is 0 Å². The summed E-state index contributed by atoms with van der Waals surface area (Å²) in [6.45, 7) is 3.96. The van der Waals surface area contributed by atoms with Crippen molar-refractivity contribution < 1.29 is 0 Å². The minimum absolute atomic E-state index is 0.916. The zero-order chi connectivity index (χ0) is 10.7. The van der Waals surface area contributed by atoms with Crippen LogP contribution in [-0.2, 0) is 13.1 Å². The van der Waals surface area contributed by atoms with Gasteiger partial charge in [-0.25, -0.2) is 0 Å². The molecule has 0 aliphatic rings. The van der Waals surface area contributed by atoms with E-state index >= 15 is 0 Å². The van der Waals surface area contributed by atoms with Crippen LogP contribution < -0.4 is 5.32 Å². The van der Waals surface area contributed by atoms with E-state index in [1.54, 1.807) is 11.3 Å². The van der Waals surface area contributed by atoms with Crippen molar-refractivity contribution in [2.24, 2.45) is 0 Å². The van der Waals surface area contributed by atoms with E-state index in [2.05, 4.69) is 34.9 Å². The second-order valence-electron chi connectivity index (χ2n) is 3.36. The van der Waals surface area contributed by atoms with Crippen LogP contribution in [0.3, 0.4) is 0 Å². The number of rotatable bonds is 4. The molecular weight excluding hydrogens is 206 g/mol. The normalized spacial score (nSPS) is 10.8. The Hall–Kier alpha value is -1.13. The topological polar surface area (TPSA) is 29.9 Å². The van der Waals surface area contributed by atoms with Gasteiger partial charge < -0.3 is 5.32 Å². The van der Waals surface area contributed by atoms with E-state index in [0.29, 0.717) is 0 Å². The highest BCUT2D eigenvalue weighted by Gasteiger charge is 2.06. The standard InChI is InChI=1S/C11H15N3S/c1-3-14-11(4-5-13-14)9-6-10(7-12-2)15-8-9/h4-6,8,12H,3,7H2,1-2H3. The molecule has 0 aromatic carbocycles. The molecule has 0 fully saturated rings. The first-order valence-corrected chi connectivity index (χ1v) is 5.97. The van der Waals surface area contributed by atoms with E-state index in [4.69, 9.17) is 0 Å². The summed E-state index contributed by atoms with van der Waals surface area (Å²) in [6.07, 6.45) is 1.86. The lowest BCUT2D eigenvalue weighted by atomic mass is 10.2. The molecule has 0 saturated heterocycles. The van der Waals surface area contributed by atoms with E-state index in [1.165, 1.54) is 16.1 Å². The van der Waals surface area contributed by atoms with E-state index in [1.807, 2.05) is 17.9 Å². The third-order valence-electron chi connectivity index (χ3n) is 2.32. The molecular formula is C11H15N3S. The highest BCUT2D eigenvalue weighted by atomic mass is 32.1. The van der Waals surface area contributed by atoms with Crippen molar-refractivity contribution in [3.05, 3.63) is 28.6 Å². The lowest BCUT2D eigenvalue weighted by Gasteiger charge is -2.01. The first kappa shape index (κ1) is 10.4. The maximum absolute atomic E-state index is 4.27. The van der Waals surface area contributed by atoms with Gasteiger partial charge >= 0.3 is 0 Å². The highest BCUT2D eigenvalue weighted by molar-refractivity contribution is 7.10. The summed E-state index contributed by atoms with van der Waals surface area (Å²) in [5.74, 6) is 0. The fourth-order valence-electron chi connectivity index (χ4n) is 1.61. The average Bonchev–Trinajstić information content (AvgIpc) is 2.84. The summed E-state index contributed by atoms with van der Waals surface area (Å²) in [4.78, 5) is 1.36. The number of hydrogen-bond acceptors (Lipinski definition) is 3. The van der Waals surface area contributed by atoms with Gasteiger partial charge in [0, 0.05) is 35.1 Å². The molecule has 2 aromatic rings. The van der Waals surface area contributed by atoms with Gasteiger partial charge in [-0.3, -0.25) is 4.68 Å². The second-order valence-corrected chi connectivity index (χ2v) is 4.36. The Kier molecular flexibility index (Phi) is 3.18. The second kappa shape index (κ2) is 4.59. The summed E-state index contributed by atoms with van der Waals surface area (Å²) in [5.41, 5.74) is 2.47. The van der Waals surface area contributed by atoms with Gasteiger partial charge in [-0.15, -0.1) is 11.3 Å². The van der Waals surface area contributed by atoms with Crippen molar-refractivity contribution in [1.82, 2.24) is 15.1 Å². The number of thiophene rings is 1. The van der Waals surface area contributed by atoms with E-state index in [0.717, 1.165) is 13.1 Å². The molecule has 4 heteroatoms. The van der Waals surface area contributed by atoms with Crippen molar-refractivity contribution in [3.8, 4) is 11.3 Å². The van der Waals surface area contributed by atoms with Crippen molar-refractivity contribution in [2.75, 3.05) is 7.05 Å². The molecule has 0 saturated carbocycles. The van der Waals surface area contributed by atoms with Crippen LogP contribution in [0.1, 0.15) is 11.8 Å². The molecule has 0 atom stereocenters. The van der Waals surface area contributed by atoms with Gasteiger partial charge in [0.15, 0.2) is 0 Å². The van der Waals surface area contributed by atoms with Crippen LogP contribution in [0.25, 0.3) is 11.3 Å². The van der Waals surface area contributed by atoms with Crippen molar-refractivity contribution in [3.63, 3.8) is 0 Å². The largest absolute Gasteiger partial charge is 0.315 e. The van der Waals surface area contributed by atoms with Crippen LogP contribution in [0.15, 0.2) is 23.7 Å². The molecule has 2 rings (SSSR count). The van der Waals surface area contributed by atoms with Crippen molar-refractivity contribution in [1.29, 1.82) is 0 Å². The van der Waals surface area contributed by atoms with Gasteiger partial charge in [-0.1, -0.05) is 0 Å². The van der Waals surface area contributed by atoms with Crippen LogP contribution in [-0.4, -0.2) is 16.8 Å². The van der Waals surface area contributed by atoms with E-state index in [-0.39, 0.29) is 0 Å². The first-order valence-electron chi connectivity index (χ1n) is 5.09. The minimum atomic E-state index is 0.916. The molecule has 3 nitrogen and oxygen atoms in total. The van der Waals surface area contributed by atoms with Crippen LogP contribution >= 0.6 is 11.3 Å². The summed E-state index contributed by atoms with van der Waals surface area (Å²) in [6, 6.07) is 4.29. The fraction of sp³-hybridized carbons (Fsp3) is 0.364. The first-order chi connectivity index (χ1) is 7.35. The average molecular weight is 221 g/mol. The van der Waals surface area contributed by atoms with Gasteiger partial charge in [-0.2, -0.15) is 5.10 Å². The molecule has 0 aliphatic heterocycles. The van der Waals surface area contributed by atoms with Gasteiger partial charge in [0.1, 0.15) is 0 Å². The molecule has 0 spiro atoms. The molecule has 0 radical (unpaired) electrons. The van der Waals surface area contributed by atoms with Crippen LogP contribution in [0.2, 0.25) is 0 Å². The Bertz CT molecular complexity index is 430. The van der Waals surface area contributed by atoms with Crippen molar-refractivity contribution >= 4 is 11.3 Å². The molecule has 0 unspecified atom stereocenters. The molecule has 2 aromatic heterocycles. The number of nitrogens with zero attached hydrogens (tertiary/aromatic N) is 2. The lowest BCUT2D eigenvalue weighted by molar-refractivity contribution is 0.667. The number of nitrogens with one attached hydrogen (secondary N) is 1. The highest BCUT2D eigenvalue weighted by Crippen LogP contribution is 2.25. The van der Waals surface area contributed by atoms with Gasteiger partial charge in [0.05, 0.1) is 5.69 Å². The van der Waals surface area contributed by atoms with E-state index < -0.39 is 0 Å². The Morgan fingerprint density at radius 1 is 1.53 bits per heavy atom. The van der Waals surface area contributed by atoms with Crippen LogP contribution in [0, 0.1) is 0 Å². The molecule has 0 bridgehead atoms. The van der Waals surface area contributed by atoms with Crippen LogP contribution in [0.5, 0.6) is 0 Å². The maximum atomic E-state index is 4.27. The summed E-state index contributed by atoms with van der Waals surface area (Å²) in [5, 5.41) is 9.62. The molecule has 15 heavy (non-hydrogen) atoms. The monoisotopic (exact) mass is 221 g/mol. The summed E-state index contributed by atoms with van der Waals surface area (Å²) < 4.78 is 2.02. The number of aromatic nitrogens is 2. The number of aryl methyl sites for hydroxylation is 1. The van der Waals surface area contributed by atoms with Crippen molar-refractivity contribution in [2.45, 2.75) is 20.0 Å². The lowest BCUT2D eigenvalue weighted by Crippen LogP contribution is -2.02. The van der Waals surface area contributed by atoms with E-state index in [9.17, 15) is 0 Å². The predicted molar refractivity (Wildman–Crippen MR) is 64.0 cm³/mol. The third-order valence-corrected chi connectivity index (χ3v) is 3.25. The Morgan fingerprint density at radius 2 is 2.40 bits per heavy atom. The number of hydrogen-bond donors (Lipinski definition) is 1. The molecule has 1 N–H and O–H groups in total.